The van der Waals surface area contributed by atoms with Crippen LogP contribution in [-0.2, 0) is 16.0 Å². The van der Waals surface area contributed by atoms with Gasteiger partial charge in [-0.3, -0.25) is 4.79 Å². The van der Waals surface area contributed by atoms with E-state index in [0.29, 0.717) is 23.5 Å². The Morgan fingerprint density at radius 3 is 2.82 bits per heavy atom. The molecular formula is C26H35N5O3. The molecule has 1 spiro atoms. The second kappa shape index (κ2) is 11.0. The van der Waals surface area contributed by atoms with Gasteiger partial charge in [-0.15, -0.1) is 5.10 Å². The molecule has 0 aliphatic carbocycles. The van der Waals surface area contributed by atoms with Crippen LogP contribution in [0.1, 0.15) is 39.2 Å². The molecular weight excluding hydrogens is 430 g/mol. The van der Waals surface area contributed by atoms with Gasteiger partial charge in [-0.05, 0) is 56.6 Å². The second-order valence-electron chi connectivity index (χ2n) is 9.03. The number of carbonyl (C=O) groups excluding carboxylic acids is 1. The number of nitrogens with zero attached hydrogens (tertiary/aromatic N) is 4. The van der Waals surface area contributed by atoms with Crippen LogP contribution >= 0.6 is 0 Å². The molecule has 2 saturated heterocycles. The highest BCUT2D eigenvalue weighted by molar-refractivity contribution is 5.78. The summed E-state index contributed by atoms with van der Waals surface area (Å²) < 4.78 is 13.0. The van der Waals surface area contributed by atoms with Gasteiger partial charge in [0.25, 0.3) is 0 Å². The number of aromatic nitrogens is 3. The van der Waals surface area contributed by atoms with Crippen molar-refractivity contribution in [2.75, 3.05) is 44.7 Å². The molecule has 4 heterocycles. The van der Waals surface area contributed by atoms with Crippen molar-refractivity contribution in [2.45, 2.75) is 40.0 Å². The number of ether oxygens (including phenoxy) is 2. The SMILES string of the molecule is CC.CC(=O)Cc1cccc(Oc2ccc3nc(NCCCN4CCC5(COC5)C4)cn3n2)c1. The summed E-state index contributed by atoms with van der Waals surface area (Å²) in [6.45, 7) is 11.8. The molecule has 182 valence electrons. The van der Waals surface area contributed by atoms with Gasteiger partial charge in [-0.1, -0.05) is 26.0 Å². The Kier molecular flexibility index (Phi) is 7.80. The van der Waals surface area contributed by atoms with Crippen LogP contribution in [0.15, 0.2) is 42.6 Å². The Bertz CT molecular complexity index is 1110. The lowest BCUT2D eigenvalue weighted by molar-refractivity contribution is -0.116. The quantitative estimate of drug-likeness (QED) is 0.474. The molecule has 0 atom stereocenters. The van der Waals surface area contributed by atoms with Crippen molar-refractivity contribution in [2.24, 2.45) is 5.41 Å². The molecule has 0 radical (unpaired) electrons. The van der Waals surface area contributed by atoms with Gasteiger partial charge >= 0.3 is 0 Å². The highest BCUT2D eigenvalue weighted by Gasteiger charge is 2.43. The van der Waals surface area contributed by atoms with Crippen LogP contribution < -0.4 is 10.1 Å². The third-order valence-electron chi connectivity index (χ3n) is 6.16. The minimum atomic E-state index is 0.123. The van der Waals surface area contributed by atoms with Crippen LogP contribution in [0.4, 0.5) is 5.82 Å². The summed E-state index contributed by atoms with van der Waals surface area (Å²) in [4.78, 5) is 18.5. The van der Waals surface area contributed by atoms with E-state index in [9.17, 15) is 4.79 Å². The monoisotopic (exact) mass is 465 g/mol. The maximum absolute atomic E-state index is 11.4. The van der Waals surface area contributed by atoms with Crippen LogP contribution in [0, 0.1) is 5.41 Å². The minimum Gasteiger partial charge on any atom is -0.438 e. The van der Waals surface area contributed by atoms with Gasteiger partial charge in [0.2, 0.25) is 5.88 Å². The van der Waals surface area contributed by atoms with Crippen molar-refractivity contribution in [3.63, 3.8) is 0 Å². The first-order chi connectivity index (χ1) is 16.6. The Balaban J connectivity index is 0.00000133. The summed E-state index contributed by atoms with van der Waals surface area (Å²) >= 11 is 0. The molecule has 8 nitrogen and oxygen atoms in total. The maximum Gasteiger partial charge on any atom is 0.237 e. The lowest BCUT2D eigenvalue weighted by atomic mass is 9.85. The molecule has 0 bridgehead atoms. The lowest BCUT2D eigenvalue weighted by Crippen LogP contribution is -2.44. The van der Waals surface area contributed by atoms with E-state index in [0.717, 1.165) is 49.8 Å². The number of imidazole rings is 1. The highest BCUT2D eigenvalue weighted by atomic mass is 16.5. The molecule has 1 aromatic carbocycles. The third-order valence-corrected chi connectivity index (χ3v) is 6.16. The van der Waals surface area contributed by atoms with E-state index in [1.807, 2.05) is 50.4 Å². The van der Waals surface area contributed by atoms with Gasteiger partial charge < -0.3 is 19.7 Å². The molecule has 3 aromatic rings. The van der Waals surface area contributed by atoms with Crippen molar-refractivity contribution < 1.29 is 14.3 Å². The maximum atomic E-state index is 11.4. The van der Waals surface area contributed by atoms with E-state index < -0.39 is 0 Å². The Hall–Kier alpha value is -2.97. The number of Topliss-reactive ketones (excluding diaryl/α,β-unsaturated/α-hetero) is 1. The number of anilines is 1. The zero-order valence-corrected chi connectivity index (χ0v) is 20.4. The molecule has 2 aromatic heterocycles. The van der Waals surface area contributed by atoms with Gasteiger partial charge in [-0.25, -0.2) is 9.50 Å². The van der Waals surface area contributed by atoms with E-state index in [-0.39, 0.29) is 5.78 Å². The largest absolute Gasteiger partial charge is 0.438 e. The standard InChI is InChI=1S/C24H29N5O3.C2H6/c1-18(30)12-19-4-2-5-20(13-19)32-23-7-6-22-26-21(14-29(22)27-23)25-9-3-10-28-11-8-24(15-28)16-31-17-24;1-2/h2,4-7,13-14,25H,3,8-12,15-17H2,1H3;1-2H3. The van der Waals surface area contributed by atoms with E-state index >= 15 is 0 Å². The van der Waals surface area contributed by atoms with Gasteiger partial charge in [-0.2, -0.15) is 0 Å². The van der Waals surface area contributed by atoms with Crippen molar-refractivity contribution in [1.82, 2.24) is 19.5 Å². The van der Waals surface area contributed by atoms with Gasteiger partial charge in [0, 0.05) is 31.0 Å². The number of carbonyl (C=O) groups is 1. The smallest absolute Gasteiger partial charge is 0.237 e. The topological polar surface area (TPSA) is 81.0 Å². The minimum absolute atomic E-state index is 0.123. The average Bonchev–Trinajstić information content (AvgIpc) is 3.42. The second-order valence-corrected chi connectivity index (χ2v) is 9.03. The molecule has 2 aliphatic rings. The summed E-state index contributed by atoms with van der Waals surface area (Å²) in [5.74, 6) is 2.07. The number of likely N-dealkylation sites (tertiary alicyclic amines) is 1. The summed E-state index contributed by atoms with van der Waals surface area (Å²) in [7, 11) is 0. The first-order valence-electron chi connectivity index (χ1n) is 12.2. The number of nitrogens with one attached hydrogen (secondary N) is 1. The Morgan fingerprint density at radius 2 is 2.09 bits per heavy atom. The van der Waals surface area contributed by atoms with Crippen LogP contribution in [0.3, 0.4) is 0 Å². The lowest BCUT2D eigenvalue weighted by Gasteiger charge is -2.37. The molecule has 0 unspecified atom stereocenters. The fraction of sp³-hybridized carbons (Fsp3) is 0.500. The number of hydrogen-bond donors (Lipinski definition) is 1. The summed E-state index contributed by atoms with van der Waals surface area (Å²) in [5.41, 5.74) is 2.14. The molecule has 5 rings (SSSR count). The number of ketones is 1. The molecule has 2 fully saturated rings. The summed E-state index contributed by atoms with van der Waals surface area (Å²) in [6.07, 6.45) is 4.62. The van der Waals surface area contributed by atoms with E-state index in [1.54, 1.807) is 17.5 Å². The van der Waals surface area contributed by atoms with Gasteiger partial charge in [0.1, 0.15) is 17.4 Å². The van der Waals surface area contributed by atoms with Crippen LogP contribution in [0.5, 0.6) is 11.6 Å². The number of fused-ring (bicyclic) bond motifs is 1. The third kappa shape index (κ3) is 5.93. The molecule has 0 saturated carbocycles. The zero-order valence-electron chi connectivity index (χ0n) is 20.4. The van der Waals surface area contributed by atoms with Gasteiger partial charge in [0.05, 0.1) is 19.4 Å². The average molecular weight is 466 g/mol. The Labute approximate surface area is 201 Å². The molecule has 1 N–H and O–H groups in total. The van der Waals surface area contributed by atoms with Crippen molar-refractivity contribution in [3.05, 3.63) is 48.2 Å². The fourth-order valence-corrected chi connectivity index (χ4v) is 4.50. The highest BCUT2D eigenvalue weighted by Crippen LogP contribution is 2.37. The number of rotatable bonds is 9. The van der Waals surface area contributed by atoms with Crippen molar-refractivity contribution in [1.29, 1.82) is 0 Å². The number of hydrogen-bond acceptors (Lipinski definition) is 7. The summed E-state index contributed by atoms with van der Waals surface area (Å²) in [5, 5.41) is 7.92. The molecule has 0 amide bonds. The summed E-state index contributed by atoms with van der Waals surface area (Å²) in [6, 6.07) is 11.2. The van der Waals surface area contributed by atoms with E-state index in [4.69, 9.17) is 9.47 Å². The predicted molar refractivity (Wildman–Crippen MR) is 133 cm³/mol. The van der Waals surface area contributed by atoms with Gasteiger partial charge in [0.15, 0.2) is 5.65 Å². The first kappa shape index (κ1) is 24.2. The van der Waals surface area contributed by atoms with Crippen LogP contribution in [0.2, 0.25) is 0 Å². The van der Waals surface area contributed by atoms with Crippen molar-refractivity contribution in [3.8, 4) is 11.6 Å². The van der Waals surface area contributed by atoms with Crippen LogP contribution in [-0.4, -0.2) is 64.7 Å². The fourth-order valence-electron chi connectivity index (χ4n) is 4.50. The molecule has 2 aliphatic heterocycles. The van der Waals surface area contributed by atoms with E-state index in [1.165, 1.54) is 19.5 Å². The zero-order chi connectivity index (χ0) is 24.0. The number of benzene rings is 1. The Morgan fingerprint density at radius 1 is 1.24 bits per heavy atom. The van der Waals surface area contributed by atoms with Crippen molar-refractivity contribution >= 4 is 17.2 Å². The molecule has 34 heavy (non-hydrogen) atoms. The predicted octanol–water partition coefficient (Wildman–Crippen LogP) is 4.20. The molecule has 8 heteroatoms. The van der Waals surface area contributed by atoms with Crippen LogP contribution in [0.25, 0.3) is 5.65 Å². The first-order valence-corrected chi connectivity index (χ1v) is 12.2. The van der Waals surface area contributed by atoms with E-state index in [2.05, 4.69) is 20.3 Å². The normalized spacial score (nSPS) is 16.7.